The molecule has 0 saturated carbocycles. The number of aliphatic carboxylic acids is 1. The van der Waals surface area contributed by atoms with E-state index in [9.17, 15) is 14.4 Å². The van der Waals surface area contributed by atoms with Crippen molar-refractivity contribution in [1.82, 2.24) is 9.80 Å². The van der Waals surface area contributed by atoms with Crippen LogP contribution in [0.15, 0.2) is 30.3 Å². The normalized spacial score (nSPS) is 21.5. The first-order valence-corrected chi connectivity index (χ1v) is 7.25. The van der Waals surface area contributed by atoms with Gasteiger partial charge < -0.3 is 14.9 Å². The van der Waals surface area contributed by atoms with Crippen molar-refractivity contribution in [3.05, 3.63) is 35.9 Å². The Bertz CT molecular complexity index is 573. The van der Waals surface area contributed by atoms with Crippen LogP contribution in [0.3, 0.4) is 0 Å². The van der Waals surface area contributed by atoms with Gasteiger partial charge in [-0.05, 0) is 19.1 Å². The third kappa shape index (κ3) is 3.44. The fourth-order valence-electron chi connectivity index (χ4n) is 2.83. The number of piperazine rings is 1. The standard InChI is InChI=1S/C16H20N2O4/c1-11-9-18(12(2)19)14(8-15(20)21)10-17(11)16(22)13-6-4-3-5-7-13/h3-7,11,14H,8-10H2,1-2H3,(H,20,21)/t11-,14-/m0/s1. The number of amides is 2. The largest absolute Gasteiger partial charge is 0.481 e. The van der Waals surface area contributed by atoms with Gasteiger partial charge in [0.05, 0.1) is 12.5 Å². The van der Waals surface area contributed by atoms with Crippen molar-refractivity contribution in [2.24, 2.45) is 0 Å². The number of nitrogens with zero attached hydrogens (tertiary/aromatic N) is 2. The van der Waals surface area contributed by atoms with Gasteiger partial charge in [-0.3, -0.25) is 14.4 Å². The molecule has 0 aliphatic carbocycles. The van der Waals surface area contributed by atoms with Crippen LogP contribution in [0.5, 0.6) is 0 Å². The fraction of sp³-hybridized carbons (Fsp3) is 0.438. The molecule has 22 heavy (non-hydrogen) atoms. The zero-order valence-corrected chi connectivity index (χ0v) is 12.7. The molecule has 1 saturated heterocycles. The second-order valence-electron chi connectivity index (χ2n) is 5.60. The number of carbonyl (C=O) groups is 3. The predicted octanol–water partition coefficient (Wildman–Crippen LogP) is 1.22. The summed E-state index contributed by atoms with van der Waals surface area (Å²) in [5.74, 6) is -1.27. The minimum absolute atomic E-state index is 0.133. The number of rotatable bonds is 3. The lowest BCUT2D eigenvalue weighted by Crippen LogP contribution is -2.60. The van der Waals surface area contributed by atoms with Crippen LogP contribution in [-0.2, 0) is 9.59 Å². The van der Waals surface area contributed by atoms with Crippen molar-refractivity contribution in [3.8, 4) is 0 Å². The van der Waals surface area contributed by atoms with E-state index < -0.39 is 12.0 Å². The number of benzene rings is 1. The number of carboxylic acids is 1. The Labute approximate surface area is 129 Å². The maximum Gasteiger partial charge on any atom is 0.305 e. The van der Waals surface area contributed by atoms with Gasteiger partial charge in [-0.1, -0.05) is 18.2 Å². The summed E-state index contributed by atoms with van der Waals surface area (Å²) in [4.78, 5) is 38.5. The van der Waals surface area contributed by atoms with E-state index in [1.807, 2.05) is 13.0 Å². The molecule has 2 amide bonds. The topological polar surface area (TPSA) is 77.9 Å². The molecule has 0 bridgehead atoms. The van der Waals surface area contributed by atoms with Crippen molar-refractivity contribution in [2.75, 3.05) is 13.1 Å². The van der Waals surface area contributed by atoms with Crippen LogP contribution >= 0.6 is 0 Å². The first kappa shape index (κ1) is 16.0. The molecular weight excluding hydrogens is 284 g/mol. The zero-order chi connectivity index (χ0) is 16.3. The first-order chi connectivity index (χ1) is 10.4. The Morgan fingerprint density at radius 1 is 1.14 bits per heavy atom. The van der Waals surface area contributed by atoms with Crippen molar-refractivity contribution >= 4 is 17.8 Å². The molecule has 1 heterocycles. The van der Waals surface area contributed by atoms with Gasteiger partial charge in [-0.2, -0.15) is 0 Å². The first-order valence-electron chi connectivity index (χ1n) is 7.25. The van der Waals surface area contributed by atoms with Crippen LogP contribution in [0, 0.1) is 0 Å². The van der Waals surface area contributed by atoms with Gasteiger partial charge in [0.2, 0.25) is 5.91 Å². The van der Waals surface area contributed by atoms with E-state index in [1.165, 1.54) is 6.92 Å². The van der Waals surface area contributed by atoms with E-state index in [0.717, 1.165) is 0 Å². The minimum atomic E-state index is -0.974. The molecule has 118 valence electrons. The van der Waals surface area contributed by atoms with Gasteiger partial charge in [0.15, 0.2) is 0 Å². The van der Waals surface area contributed by atoms with Crippen LogP contribution < -0.4 is 0 Å². The van der Waals surface area contributed by atoms with Crippen molar-refractivity contribution in [1.29, 1.82) is 0 Å². The number of carboxylic acid groups (broad SMARTS) is 1. The third-order valence-electron chi connectivity index (χ3n) is 3.94. The second kappa shape index (κ2) is 6.60. The fourth-order valence-corrected chi connectivity index (χ4v) is 2.83. The molecule has 2 rings (SSSR count). The summed E-state index contributed by atoms with van der Waals surface area (Å²) < 4.78 is 0. The van der Waals surface area contributed by atoms with Crippen LogP contribution in [0.1, 0.15) is 30.6 Å². The van der Waals surface area contributed by atoms with Crippen molar-refractivity contribution in [3.63, 3.8) is 0 Å². The molecule has 1 aromatic carbocycles. The summed E-state index contributed by atoms with van der Waals surface area (Å²) >= 11 is 0. The van der Waals surface area contributed by atoms with Gasteiger partial charge in [-0.15, -0.1) is 0 Å². The van der Waals surface area contributed by atoms with Crippen LogP contribution in [-0.4, -0.2) is 57.9 Å². The lowest BCUT2D eigenvalue weighted by Gasteiger charge is -2.44. The molecule has 0 unspecified atom stereocenters. The minimum Gasteiger partial charge on any atom is -0.481 e. The molecule has 2 atom stereocenters. The highest BCUT2D eigenvalue weighted by molar-refractivity contribution is 5.94. The molecule has 1 aromatic rings. The molecule has 6 nitrogen and oxygen atoms in total. The van der Waals surface area contributed by atoms with E-state index >= 15 is 0 Å². The van der Waals surface area contributed by atoms with E-state index in [4.69, 9.17) is 5.11 Å². The second-order valence-corrected chi connectivity index (χ2v) is 5.60. The Hall–Kier alpha value is -2.37. The quantitative estimate of drug-likeness (QED) is 0.911. The van der Waals surface area contributed by atoms with Crippen LogP contribution in [0.25, 0.3) is 0 Å². The Morgan fingerprint density at radius 3 is 2.32 bits per heavy atom. The van der Waals surface area contributed by atoms with Gasteiger partial charge in [-0.25, -0.2) is 0 Å². The molecule has 0 aromatic heterocycles. The summed E-state index contributed by atoms with van der Waals surface area (Å²) in [5, 5.41) is 9.03. The average molecular weight is 304 g/mol. The average Bonchev–Trinajstić information content (AvgIpc) is 2.48. The molecule has 0 spiro atoms. The Morgan fingerprint density at radius 2 is 1.77 bits per heavy atom. The number of hydrogen-bond donors (Lipinski definition) is 1. The third-order valence-corrected chi connectivity index (χ3v) is 3.94. The summed E-state index contributed by atoms with van der Waals surface area (Å²) in [7, 11) is 0. The van der Waals surface area contributed by atoms with E-state index in [2.05, 4.69) is 0 Å². The summed E-state index contributed by atoms with van der Waals surface area (Å²) in [5.41, 5.74) is 0.569. The van der Waals surface area contributed by atoms with Gasteiger partial charge in [0, 0.05) is 31.6 Å². The maximum absolute atomic E-state index is 12.6. The van der Waals surface area contributed by atoms with Crippen molar-refractivity contribution in [2.45, 2.75) is 32.4 Å². The molecule has 6 heteroatoms. The lowest BCUT2D eigenvalue weighted by atomic mass is 10.0. The summed E-state index contributed by atoms with van der Waals surface area (Å²) in [6.45, 7) is 3.89. The van der Waals surface area contributed by atoms with E-state index in [-0.39, 0.29) is 30.8 Å². The van der Waals surface area contributed by atoms with Gasteiger partial charge in [0.25, 0.3) is 5.91 Å². The monoisotopic (exact) mass is 304 g/mol. The summed E-state index contributed by atoms with van der Waals surface area (Å²) in [6, 6.07) is 8.25. The molecule has 1 N–H and O–H groups in total. The summed E-state index contributed by atoms with van der Waals surface area (Å²) in [6.07, 6.45) is -0.162. The lowest BCUT2D eigenvalue weighted by molar-refractivity contribution is -0.142. The molecule has 1 aliphatic rings. The maximum atomic E-state index is 12.6. The number of carbonyl (C=O) groups excluding carboxylic acids is 2. The smallest absolute Gasteiger partial charge is 0.305 e. The highest BCUT2D eigenvalue weighted by atomic mass is 16.4. The highest BCUT2D eigenvalue weighted by Gasteiger charge is 2.36. The number of hydrogen-bond acceptors (Lipinski definition) is 3. The molecule has 0 radical (unpaired) electrons. The van der Waals surface area contributed by atoms with Crippen molar-refractivity contribution < 1.29 is 19.5 Å². The molecule has 1 fully saturated rings. The Kier molecular flexibility index (Phi) is 4.80. The van der Waals surface area contributed by atoms with Crippen LogP contribution in [0.2, 0.25) is 0 Å². The van der Waals surface area contributed by atoms with E-state index in [1.54, 1.807) is 34.1 Å². The Balaban J connectivity index is 2.21. The predicted molar refractivity (Wildman–Crippen MR) is 80.4 cm³/mol. The SMILES string of the molecule is CC(=O)N1C[C@H](C)N(C(=O)c2ccccc2)C[C@@H]1CC(=O)O. The molecular formula is C16H20N2O4. The van der Waals surface area contributed by atoms with Gasteiger partial charge >= 0.3 is 5.97 Å². The van der Waals surface area contributed by atoms with Gasteiger partial charge in [0.1, 0.15) is 0 Å². The van der Waals surface area contributed by atoms with Crippen LogP contribution in [0.4, 0.5) is 0 Å². The van der Waals surface area contributed by atoms with E-state index in [0.29, 0.717) is 12.1 Å². The highest BCUT2D eigenvalue weighted by Crippen LogP contribution is 2.20. The molecule has 1 aliphatic heterocycles. The zero-order valence-electron chi connectivity index (χ0n) is 12.7.